The number of amides is 1. The number of primary sulfonamides is 1. The number of benzene rings is 1. The van der Waals surface area contributed by atoms with Crippen LogP contribution >= 0.6 is 0 Å². The molecular formula is C10H15N3O3S. The third-order valence-corrected chi connectivity index (χ3v) is 2.90. The summed E-state index contributed by atoms with van der Waals surface area (Å²) in [6.07, 6.45) is 0. The highest BCUT2D eigenvalue weighted by Crippen LogP contribution is 2.08. The van der Waals surface area contributed by atoms with Crippen molar-refractivity contribution in [3.05, 3.63) is 35.9 Å². The van der Waals surface area contributed by atoms with Crippen LogP contribution in [-0.2, 0) is 14.8 Å². The SMILES string of the molecule is NC(C(=O)NCCS(N)(=O)=O)c1ccccc1. The molecule has 1 unspecified atom stereocenters. The van der Waals surface area contributed by atoms with Crippen molar-refractivity contribution < 1.29 is 13.2 Å². The zero-order valence-electron chi connectivity index (χ0n) is 9.17. The largest absolute Gasteiger partial charge is 0.353 e. The summed E-state index contributed by atoms with van der Waals surface area (Å²) in [5, 5.41) is 7.21. The normalized spacial score (nSPS) is 13.1. The molecule has 0 saturated carbocycles. The minimum Gasteiger partial charge on any atom is -0.353 e. The fourth-order valence-corrected chi connectivity index (χ4v) is 1.62. The first kappa shape index (κ1) is 13.6. The molecule has 0 aliphatic rings. The van der Waals surface area contributed by atoms with Gasteiger partial charge < -0.3 is 11.1 Å². The lowest BCUT2D eigenvalue weighted by atomic mass is 10.1. The van der Waals surface area contributed by atoms with Crippen molar-refractivity contribution in [1.82, 2.24) is 5.32 Å². The Balaban J connectivity index is 2.49. The molecule has 0 bridgehead atoms. The molecule has 0 aromatic heterocycles. The van der Waals surface area contributed by atoms with Crippen LogP contribution in [0.1, 0.15) is 11.6 Å². The molecular weight excluding hydrogens is 242 g/mol. The van der Waals surface area contributed by atoms with Crippen LogP contribution in [0.2, 0.25) is 0 Å². The first-order valence-corrected chi connectivity index (χ1v) is 6.70. The molecule has 0 spiro atoms. The third-order valence-electron chi connectivity index (χ3n) is 2.13. The molecule has 1 rings (SSSR count). The van der Waals surface area contributed by atoms with Gasteiger partial charge in [0.1, 0.15) is 6.04 Å². The molecule has 17 heavy (non-hydrogen) atoms. The molecule has 7 heteroatoms. The first-order valence-electron chi connectivity index (χ1n) is 4.99. The summed E-state index contributed by atoms with van der Waals surface area (Å²) in [6.45, 7) is -0.0435. The lowest BCUT2D eigenvalue weighted by Gasteiger charge is -2.11. The average molecular weight is 257 g/mol. The van der Waals surface area contributed by atoms with Crippen LogP contribution in [0.3, 0.4) is 0 Å². The Morgan fingerprint density at radius 2 is 1.88 bits per heavy atom. The van der Waals surface area contributed by atoms with E-state index >= 15 is 0 Å². The number of carbonyl (C=O) groups is 1. The zero-order chi connectivity index (χ0) is 12.9. The Morgan fingerprint density at radius 1 is 1.29 bits per heavy atom. The Morgan fingerprint density at radius 3 is 2.41 bits per heavy atom. The van der Waals surface area contributed by atoms with Gasteiger partial charge in [-0.1, -0.05) is 30.3 Å². The second kappa shape index (κ2) is 5.76. The van der Waals surface area contributed by atoms with Crippen LogP contribution in [0.25, 0.3) is 0 Å². The molecule has 0 radical (unpaired) electrons. The Hall–Kier alpha value is -1.44. The Kier molecular flexibility index (Phi) is 4.62. The van der Waals surface area contributed by atoms with Gasteiger partial charge in [0, 0.05) is 6.54 Å². The van der Waals surface area contributed by atoms with Crippen molar-refractivity contribution in [2.75, 3.05) is 12.3 Å². The van der Waals surface area contributed by atoms with Crippen LogP contribution in [0.5, 0.6) is 0 Å². The van der Waals surface area contributed by atoms with Gasteiger partial charge in [-0.25, -0.2) is 13.6 Å². The maximum Gasteiger partial charge on any atom is 0.241 e. The van der Waals surface area contributed by atoms with E-state index in [0.29, 0.717) is 5.56 Å². The van der Waals surface area contributed by atoms with Gasteiger partial charge in [-0.05, 0) is 5.56 Å². The number of hydrogen-bond donors (Lipinski definition) is 3. The van der Waals surface area contributed by atoms with Gasteiger partial charge in [-0.3, -0.25) is 4.79 Å². The molecule has 5 N–H and O–H groups in total. The number of rotatable bonds is 5. The van der Waals surface area contributed by atoms with Crippen molar-refractivity contribution in [2.24, 2.45) is 10.9 Å². The fraction of sp³-hybridized carbons (Fsp3) is 0.300. The minimum atomic E-state index is -3.57. The summed E-state index contributed by atoms with van der Waals surface area (Å²) < 4.78 is 21.3. The van der Waals surface area contributed by atoms with E-state index in [0.717, 1.165) is 0 Å². The number of nitrogens with two attached hydrogens (primary N) is 2. The standard InChI is InChI=1S/C10H15N3O3S/c11-9(8-4-2-1-3-5-8)10(14)13-6-7-17(12,15)16/h1-5,9H,6-7,11H2,(H,13,14)(H2,12,15,16). The molecule has 1 aromatic carbocycles. The van der Waals surface area contributed by atoms with E-state index in [4.69, 9.17) is 10.9 Å². The molecule has 0 fully saturated rings. The maximum atomic E-state index is 11.6. The highest BCUT2D eigenvalue weighted by molar-refractivity contribution is 7.89. The molecule has 1 atom stereocenters. The van der Waals surface area contributed by atoms with E-state index in [-0.39, 0.29) is 12.3 Å². The van der Waals surface area contributed by atoms with Gasteiger partial charge in [0.15, 0.2) is 0 Å². The number of nitrogens with one attached hydrogen (secondary N) is 1. The van der Waals surface area contributed by atoms with Crippen LogP contribution in [-0.4, -0.2) is 26.6 Å². The predicted octanol–water partition coefficient (Wildman–Crippen LogP) is -0.909. The average Bonchev–Trinajstić information content (AvgIpc) is 2.27. The van der Waals surface area contributed by atoms with E-state index in [1.165, 1.54) is 0 Å². The second-order valence-electron chi connectivity index (χ2n) is 3.55. The zero-order valence-corrected chi connectivity index (χ0v) is 9.98. The van der Waals surface area contributed by atoms with E-state index < -0.39 is 22.0 Å². The molecule has 0 saturated heterocycles. The van der Waals surface area contributed by atoms with Gasteiger partial charge >= 0.3 is 0 Å². The van der Waals surface area contributed by atoms with Gasteiger partial charge in [0.2, 0.25) is 15.9 Å². The van der Waals surface area contributed by atoms with E-state index in [1.807, 2.05) is 6.07 Å². The van der Waals surface area contributed by atoms with Crippen LogP contribution < -0.4 is 16.2 Å². The summed E-state index contributed by atoms with van der Waals surface area (Å²) in [5.41, 5.74) is 6.36. The summed E-state index contributed by atoms with van der Waals surface area (Å²) in [6, 6.07) is 8.00. The number of hydrogen-bond acceptors (Lipinski definition) is 4. The highest BCUT2D eigenvalue weighted by atomic mass is 32.2. The van der Waals surface area contributed by atoms with Gasteiger partial charge in [-0.15, -0.1) is 0 Å². The summed E-state index contributed by atoms with van der Waals surface area (Å²) in [4.78, 5) is 11.6. The monoisotopic (exact) mass is 257 g/mol. The Labute approximate surface area is 100 Å². The van der Waals surface area contributed by atoms with E-state index in [2.05, 4.69) is 5.32 Å². The topological polar surface area (TPSA) is 115 Å². The van der Waals surface area contributed by atoms with Crippen LogP contribution in [0.15, 0.2) is 30.3 Å². The quantitative estimate of drug-likeness (QED) is 0.633. The molecule has 0 aliphatic carbocycles. The van der Waals surface area contributed by atoms with Gasteiger partial charge in [-0.2, -0.15) is 0 Å². The molecule has 94 valence electrons. The van der Waals surface area contributed by atoms with Crippen LogP contribution in [0, 0.1) is 0 Å². The molecule has 6 nitrogen and oxygen atoms in total. The summed E-state index contributed by atoms with van der Waals surface area (Å²) in [5.74, 6) is -0.736. The van der Waals surface area contributed by atoms with Crippen molar-refractivity contribution in [3.8, 4) is 0 Å². The first-order chi connectivity index (χ1) is 7.90. The highest BCUT2D eigenvalue weighted by Gasteiger charge is 2.15. The molecule has 1 amide bonds. The summed E-state index contributed by atoms with van der Waals surface area (Å²) >= 11 is 0. The molecule has 1 aromatic rings. The predicted molar refractivity (Wildman–Crippen MR) is 64.4 cm³/mol. The van der Waals surface area contributed by atoms with Crippen LogP contribution in [0.4, 0.5) is 0 Å². The third kappa shape index (κ3) is 4.94. The summed E-state index contributed by atoms with van der Waals surface area (Å²) in [7, 11) is -3.57. The fourth-order valence-electron chi connectivity index (χ4n) is 1.24. The second-order valence-corrected chi connectivity index (χ2v) is 5.28. The van der Waals surface area contributed by atoms with Gasteiger partial charge in [0.05, 0.1) is 5.75 Å². The maximum absolute atomic E-state index is 11.6. The van der Waals surface area contributed by atoms with Crippen molar-refractivity contribution in [1.29, 1.82) is 0 Å². The van der Waals surface area contributed by atoms with Crippen molar-refractivity contribution in [3.63, 3.8) is 0 Å². The smallest absolute Gasteiger partial charge is 0.241 e. The lowest BCUT2D eigenvalue weighted by Crippen LogP contribution is -2.37. The molecule has 0 heterocycles. The van der Waals surface area contributed by atoms with Gasteiger partial charge in [0.25, 0.3) is 0 Å². The van der Waals surface area contributed by atoms with Crippen molar-refractivity contribution >= 4 is 15.9 Å². The minimum absolute atomic E-state index is 0.0435. The number of sulfonamides is 1. The lowest BCUT2D eigenvalue weighted by molar-refractivity contribution is -0.122. The van der Waals surface area contributed by atoms with E-state index in [9.17, 15) is 13.2 Å². The number of carbonyl (C=O) groups excluding carboxylic acids is 1. The van der Waals surface area contributed by atoms with Crippen molar-refractivity contribution in [2.45, 2.75) is 6.04 Å². The molecule has 0 aliphatic heterocycles. The van der Waals surface area contributed by atoms with E-state index in [1.54, 1.807) is 24.3 Å². The Bertz CT molecular complexity index is 473.